The first-order chi connectivity index (χ1) is 8.42. The van der Waals surface area contributed by atoms with Crippen LogP contribution in [0.3, 0.4) is 0 Å². The van der Waals surface area contributed by atoms with Crippen LogP contribution in [0.15, 0.2) is 18.2 Å². The molecule has 0 aliphatic heterocycles. The molecule has 0 unspecified atom stereocenters. The number of benzene rings is 1. The van der Waals surface area contributed by atoms with Crippen LogP contribution >= 0.6 is 11.6 Å². The van der Waals surface area contributed by atoms with Crippen molar-refractivity contribution in [1.29, 1.82) is 0 Å². The molecule has 1 rings (SSSR count). The Labute approximate surface area is 114 Å². The summed E-state index contributed by atoms with van der Waals surface area (Å²) in [4.78, 5) is 10.6. The summed E-state index contributed by atoms with van der Waals surface area (Å²) in [5.74, 6) is 0.610. The molecule has 0 radical (unpaired) electrons. The summed E-state index contributed by atoms with van der Waals surface area (Å²) in [6.45, 7) is 7.83. The zero-order valence-corrected chi connectivity index (χ0v) is 12.8. The molecule has 0 N–H and O–H groups in total. The number of ether oxygens (including phenoxy) is 2. The van der Waals surface area contributed by atoms with Crippen molar-refractivity contribution in [3.05, 3.63) is 28.8 Å². The van der Waals surface area contributed by atoms with Crippen LogP contribution in [0.2, 0.25) is 30.7 Å². The van der Waals surface area contributed by atoms with E-state index in [9.17, 15) is 4.79 Å². The zero-order chi connectivity index (χ0) is 13.6. The van der Waals surface area contributed by atoms with Gasteiger partial charge in [-0.15, -0.1) is 0 Å². The molecule has 5 heteroatoms. The molecule has 0 aliphatic rings. The summed E-state index contributed by atoms with van der Waals surface area (Å²) in [5.41, 5.74) is 0.462. The Balaban J connectivity index is 2.32. The fourth-order valence-electron chi connectivity index (χ4n) is 1.24. The second-order valence-electron chi connectivity index (χ2n) is 5.28. The third-order valence-electron chi connectivity index (χ3n) is 2.40. The summed E-state index contributed by atoms with van der Waals surface area (Å²) in [7, 11) is -1.05. The third-order valence-corrected chi connectivity index (χ3v) is 4.44. The minimum Gasteiger partial charge on any atom is -0.468 e. The Morgan fingerprint density at radius 2 is 2.06 bits per heavy atom. The lowest BCUT2D eigenvalue weighted by Gasteiger charge is -2.15. The summed E-state index contributed by atoms with van der Waals surface area (Å²) in [5, 5.41) is 0.393. The first-order valence-corrected chi connectivity index (χ1v) is 9.96. The van der Waals surface area contributed by atoms with Crippen LogP contribution in [0.1, 0.15) is 10.4 Å². The molecule has 0 saturated heterocycles. The molecule has 0 heterocycles. The molecule has 100 valence electrons. The molecule has 0 spiro atoms. The Morgan fingerprint density at radius 1 is 1.33 bits per heavy atom. The minimum absolute atomic E-state index is 0.210. The number of aldehydes is 1. The Morgan fingerprint density at radius 3 is 2.61 bits per heavy atom. The minimum atomic E-state index is -1.05. The molecule has 0 fully saturated rings. The Bertz CT molecular complexity index is 402. The van der Waals surface area contributed by atoms with Crippen molar-refractivity contribution >= 4 is 26.0 Å². The van der Waals surface area contributed by atoms with Crippen molar-refractivity contribution in [1.82, 2.24) is 0 Å². The van der Waals surface area contributed by atoms with E-state index in [1.165, 1.54) is 0 Å². The number of halogens is 1. The van der Waals surface area contributed by atoms with Gasteiger partial charge in [-0.2, -0.15) is 0 Å². The maximum atomic E-state index is 10.6. The molecular weight excluding hydrogens is 268 g/mol. The lowest BCUT2D eigenvalue weighted by Crippen LogP contribution is -2.22. The maximum absolute atomic E-state index is 10.6. The fraction of sp³-hybridized carbons (Fsp3) is 0.462. The van der Waals surface area contributed by atoms with E-state index >= 15 is 0 Å². The number of rotatable bonds is 7. The van der Waals surface area contributed by atoms with Crippen molar-refractivity contribution < 1.29 is 14.3 Å². The van der Waals surface area contributed by atoms with Gasteiger partial charge in [0.1, 0.15) is 5.75 Å². The van der Waals surface area contributed by atoms with Crippen molar-refractivity contribution in [2.45, 2.75) is 25.7 Å². The van der Waals surface area contributed by atoms with Crippen LogP contribution in [-0.4, -0.2) is 27.8 Å². The van der Waals surface area contributed by atoms with E-state index in [1.54, 1.807) is 18.2 Å². The first-order valence-electron chi connectivity index (χ1n) is 5.88. The van der Waals surface area contributed by atoms with Gasteiger partial charge in [0.2, 0.25) is 0 Å². The van der Waals surface area contributed by atoms with Gasteiger partial charge in [-0.1, -0.05) is 31.2 Å². The highest BCUT2D eigenvalue weighted by atomic mass is 35.5. The second-order valence-corrected chi connectivity index (χ2v) is 11.3. The summed E-state index contributed by atoms with van der Waals surface area (Å²) < 4.78 is 10.8. The van der Waals surface area contributed by atoms with E-state index in [4.69, 9.17) is 21.1 Å². The normalized spacial score (nSPS) is 11.3. The smallest absolute Gasteiger partial charge is 0.189 e. The van der Waals surface area contributed by atoms with Gasteiger partial charge in [0.25, 0.3) is 0 Å². The van der Waals surface area contributed by atoms with Gasteiger partial charge in [0.15, 0.2) is 13.1 Å². The molecule has 0 atom stereocenters. The third kappa shape index (κ3) is 5.66. The SMILES string of the molecule is C[Si](C)(C)CCOCOc1ccc(C=O)c(Cl)c1. The second kappa shape index (κ2) is 6.92. The number of carbonyl (C=O) groups excluding carboxylic acids is 1. The van der Waals surface area contributed by atoms with Gasteiger partial charge in [-0.3, -0.25) is 4.79 Å². The average Bonchev–Trinajstić information content (AvgIpc) is 2.27. The molecule has 1 aromatic carbocycles. The zero-order valence-electron chi connectivity index (χ0n) is 11.0. The standard InChI is InChI=1S/C13H19ClO3Si/c1-18(2,3)7-6-16-10-17-12-5-4-11(9-15)13(14)8-12/h4-5,8-9H,6-7,10H2,1-3H3. The largest absolute Gasteiger partial charge is 0.468 e. The van der Waals surface area contributed by atoms with Crippen LogP contribution < -0.4 is 4.74 Å². The van der Waals surface area contributed by atoms with Crippen LogP contribution in [0.5, 0.6) is 5.75 Å². The highest BCUT2D eigenvalue weighted by molar-refractivity contribution is 6.76. The molecule has 0 bridgehead atoms. The van der Waals surface area contributed by atoms with Gasteiger partial charge in [-0.25, -0.2) is 0 Å². The Kier molecular flexibility index (Phi) is 5.85. The van der Waals surface area contributed by atoms with Crippen LogP contribution in [0.25, 0.3) is 0 Å². The van der Waals surface area contributed by atoms with E-state index in [-0.39, 0.29) is 6.79 Å². The molecule has 1 aromatic rings. The van der Waals surface area contributed by atoms with Gasteiger partial charge >= 0.3 is 0 Å². The first kappa shape index (κ1) is 15.2. The highest BCUT2D eigenvalue weighted by Gasteiger charge is 2.11. The maximum Gasteiger partial charge on any atom is 0.189 e. The number of hydrogen-bond donors (Lipinski definition) is 0. The average molecular weight is 287 g/mol. The van der Waals surface area contributed by atoms with Crippen molar-refractivity contribution in [2.75, 3.05) is 13.4 Å². The van der Waals surface area contributed by atoms with E-state index in [1.807, 2.05) is 0 Å². The molecule has 18 heavy (non-hydrogen) atoms. The van der Waals surface area contributed by atoms with Crippen LogP contribution in [-0.2, 0) is 4.74 Å². The van der Waals surface area contributed by atoms with Gasteiger partial charge in [0, 0.05) is 20.2 Å². The van der Waals surface area contributed by atoms with Crippen LogP contribution in [0, 0.1) is 0 Å². The van der Waals surface area contributed by atoms with E-state index in [2.05, 4.69) is 19.6 Å². The van der Waals surface area contributed by atoms with E-state index in [0.29, 0.717) is 16.3 Å². The summed E-state index contributed by atoms with van der Waals surface area (Å²) >= 11 is 5.88. The number of hydrogen-bond acceptors (Lipinski definition) is 3. The van der Waals surface area contributed by atoms with Gasteiger partial charge < -0.3 is 9.47 Å². The van der Waals surface area contributed by atoms with Crippen molar-refractivity contribution in [3.63, 3.8) is 0 Å². The molecule has 0 amide bonds. The van der Waals surface area contributed by atoms with Crippen molar-refractivity contribution in [3.8, 4) is 5.75 Å². The van der Waals surface area contributed by atoms with E-state index in [0.717, 1.165) is 18.9 Å². The van der Waals surface area contributed by atoms with E-state index < -0.39 is 8.07 Å². The quantitative estimate of drug-likeness (QED) is 0.331. The molecule has 0 aliphatic carbocycles. The fourth-order valence-corrected chi connectivity index (χ4v) is 2.21. The summed E-state index contributed by atoms with van der Waals surface area (Å²) in [6, 6.07) is 6.07. The lowest BCUT2D eigenvalue weighted by atomic mass is 10.2. The monoisotopic (exact) mass is 286 g/mol. The highest BCUT2D eigenvalue weighted by Crippen LogP contribution is 2.21. The van der Waals surface area contributed by atoms with Gasteiger partial charge in [-0.05, 0) is 24.2 Å². The van der Waals surface area contributed by atoms with Crippen LogP contribution in [0.4, 0.5) is 0 Å². The lowest BCUT2D eigenvalue weighted by molar-refractivity contribution is 0.0220. The number of carbonyl (C=O) groups is 1. The van der Waals surface area contributed by atoms with Gasteiger partial charge in [0.05, 0.1) is 5.02 Å². The molecular formula is C13H19ClO3Si. The predicted octanol–water partition coefficient (Wildman–Crippen LogP) is 3.84. The Hall–Kier alpha value is -0.843. The topological polar surface area (TPSA) is 35.5 Å². The summed E-state index contributed by atoms with van der Waals surface area (Å²) in [6.07, 6.45) is 0.719. The predicted molar refractivity (Wildman–Crippen MR) is 76.4 cm³/mol. The molecule has 0 aromatic heterocycles. The van der Waals surface area contributed by atoms with Crippen molar-refractivity contribution in [2.24, 2.45) is 0 Å². The molecule has 0 saturated carbocycles. The molecule has 3 nitrogen and oxygen atoms in total.